The molecule has 9 heteroatoms. The predicted molar refractivity (Wildman–Crippen MR) is 115 cm³/mol. The molecule has 160 valence electrons. The molecule has 0 bridgehead atoms. The maximum absolute atomic E-state index is 13.1. The predicted octanol–water partition coefficient (Wildman–Crippen LogP) is 4.64. The molecule has 3 heterocycles. The molecule has 1 aliphatic heterocycles. The molecule has 1 saturated heterocycles. The van der Waals surface area contributed by atoms with Crippen molar-refractivity contribution < 1.29 is 8.78 Å². The molecular formula is C21H27F2N7. The molecule has 3 aromatic rings. The van der Waals surface area contributed by atoms with Gasteiger partial charge in [0.1, 0.15) is 5.52 Å². The van der Waals surface area contributed by atoms with Crippen LogP contribution >= 0.6 is 0 Å². The highest BCUT2D eigenvalue weighted by molar-refractivity contribution is 5.76. The fraction of sp³-hybridized carbons (Fsp3) is 0.476. The molecule has 0 amide bonds. The summed E-state index contributed by atoms with van der Waals surface area (Å²) in [5.41, 5.74) is 1.77. The van der Waals surface area contributed by atoms with Gasteiger partial charge in [0.25, 0.3) is 6.43 Å². The van der Waals surface area contributed by atoms with Crippen LogP contribution in [0.2, 0.25) is 0 Å². The molecule has 4 rings (SSSR count). The van der Waals surface area contributed by atoms with Crippen LogP contribution in [0.5, 0.6) is 0 Å². The first-order valence-corrected chi connectivity index (χ1v) is 10.2. The highest BCUT2D eigenvalue weighted by Crippen LogP contribution is 2.31. The molecular weight excluding hydrogens is 388 g/mol. The van der Waals surface area contributed by atoms with E-state index in [9.17, 15) is 8.78 Å². The number of piperidine rings is 1. The van der Waals surface area contributed by atoms with E-state index in [-0.39, 0.29) is 17.1 Å². The molecule has 2 aromatic heterocycles. The summed E-state index contributed by atoms with van der Waals surface area (Å²) in [5, 5.41) is 9.91. The zero-order valence-electron chi connectivity index (χ0n) is 17.4. The van der Waals surface area contributed by atoms with Gasteiger partial charge < -0.3 is 16.0 Å². The molecule has 7 nitrogen and oxygen atoms in total. The van der Waals surface area contributed by atoms with Crippen molar-refractivity contribution in [3.63, 3.8) is 0 Å². The molecule has 30 heavy (non-hydrogen) atoms. The Labute approximate surface area is 174 Å². The highest BCUT2D eigenvalue weighted by atomic mass is 19.3. The van der Waals surface area contributed by atoms with Crippen LogP contribution in [0.25, 0.3) is 11.2 Å². The second kappa shape index (κ2) is 8.14. The van der Waals surface area contributed by atoms with Crippen molar-refractivity contribution in [2.75, 3.05) is 23.7 Å². The Bertz CT molecular complexity index is 1020. The molecule has 3 N–H and O–H groups in total. The normalized spacial score (nSPS) is 15.7. The van der Waals surface area contributed by atoms with Crippen molar-refractivity contribution in [3.05, 3.63) is 36.0 Å². The minimum absolute atomic E-state index is 0.0269. The summed E-state index contributed by atoms with van der Waals surface area (Å²) in [6.07, 6.45) is 1.05. The van der Waals surface area contributed by atoms with Crippen LogP contribution in [-0.2, 0) is 0 Å². The van der Waals surface area contributed by atoms with Gasteiger partial charge in [0, 0.05) is 22.8 Å². The summed E-state index contributed by atoms with van der Waals surface area (Å²) in [5.74, 6) is 1.13. The smallest absolute Gasteiger partial charge is 0.263 e. The van der Waals surface area contributed by atoms with Gasteiger partial charge in [-0.3, -0.25) is 4.57 Å². The third-order valence-electron chi connectivity index (χ3n) is 4.99. The van der Waals surface area contributed by atoms with Gasteiger partial charge in [-0.1, -0.05) is 12.1 Å². The van der Waals surface area contributed by atoms with Gasteiger partial charge in [-0.25, -0.2) is 18.7 Å². The Kier molecular flexibility index (Phi) is 5.55. The molecule has 0 aliphatic carbocycles. The van der Waals surface area contributed by atoms with E-state index in [0.29, 0.717) is 23.1 Å². The van der Waals surface area contributed by atoms with E-state index < -0.39 is 6.43 Å². The van der Waals surface area contributed by atoms with E-state index in [0.717, 1.165) is 31.6 Å². The zero-order chi connectivity index (χ0) is 21.3. The van der Waals surface area contributed by atoms with Gasteiger partial charge in [0.05, 0.1) is 6.20 Å². The Morgan fingerprint density at radius 3 is 2.63 bits per heavy atom. The van der Waals surface area contributed by atoms with E-state index >= 15 is 0 Å². The largest absolute Gasteiger partial charge is 0.350 e. The summed E-state index contributed by atoms with van der Waals surface area (Å²) >= 11 is 0. The third-order valence-corrected chi connectivity index (χ3v) is 4.99. The number of nitrogens with zero attached hydrogens (tertiary/aromatic N) is 4. The monoisotopic (exact) mass is 415 g/mol. The summed E-state index contributed by atoms with van der Waals surface area (Å²) in [6.45, 7) is 7.96. The van der Waals surface area contributed by atoms with Crippen molar-refractivity contribution in [1.82, 2.24) is 24.8 Å². The second-order valence-electron chi connectivity index (χ2n) is 8.62. The molecule has 0 saturated carbocycles. The number of fused-ring (bicyclic) bond motifs is 1. The van der Waals surface area contributed by atoms with Crippen molar-refractivity contribution >= 4 is 28.7 Å². The standard InChI is InChI=1S/C21H27F2N7/c1-21(2,3)29-19-25-12-16-18(28-19)30(15-7-9-24-10-8-15)20(27-16)26-14-6-4-5-13(11-14)17(22)23/h4-6,11-12,15,17,24H,7-10H2,1-3H3,(H,26,27)(H,25,28,29). The minimum Gasteiger partial charge on any atom is -0.350 e. The number of alkyl halides is 2. The number of benzene rings is 1. The first-order valence-electron chi connectivity index (χ1n) is 10.2. The topological polar surface area (TPSA) is 79.7 Å². The number of halogens is 2. The number of aromatic nitrogens is 4. The quantitative estimate of drug-likeness (QED) is 0.563. The SMILES string of the molecule is CC(C)(C)Nc1ncc2nc(Nc3cccc(C(F)F)c3)n(C3CCNCC3)c2n1. The van der Waals surface area contributed by atoms with E-state index in [2.05, 4.69) is 30.5 Å². The van der Waals surface area contributed by atoms with Crippen LogP contribution in [-0.4, -0.2) is 38.1 Å². The summed E-state index contributed by atoms with van der Waals surface area (Å²) in [4.78, 5) is 13.8. The number of rotatable bonds is 5. The molecule has 1 aromatic carbocycles. The van der Waals surface area contributed by atoms with Gasteiger partial charge in [-0.05, 0) is 58.8 Å². The highest BCUT2D eigenvalue weighted by Gasteiger charge is 2.24. The molecule has 1 aliphatic rings. The molecule has 0 radical (unpaired) electrons. The number of hydrogen-bond acceptors (Lipinski definition) is 6. The van der Waals surface area contributed by atoms with Crippen LogP contribution in [0.3, 0.4) is 0 Å². The van der Waals surface area contributed by atoms with Gasteiger partial charge >= 0.3 is 0 Å². The van der Waals surface area contributed by atoms with E-state index in [1.54, 1.807) is 18.3 Å². The fourth-order valence-electron chi connectivity index (χ4n) is 3.67. The number of nitrogens with one attached hydrogen (secondary N) is 3. The van der Waals surface area contributed by atoms with Gasteiger partial charge in [-0.2, -0.15) is 4.98 Å². The maximum atomic E-state index is 13.1. The molecule has 1 fully saturated rings. The Morgan fingerprint density at radius 1 is 1.17 bits per heavy atom. The van der Waals surface area contributed by atoms with Crippen molar-refractivity contribution in [1.29, 1.82) is 0 Å². The number of hydrogen-bond donors (Lipinski definition) is 3. The van der Waals surface area contributed by atoms with E-state index in [1.165, 1.54) is 12.1 Å². The van der Waals surface area contributed by atoms with Crippen LogP contribution in [0.1, 0.15) is 51.6 Å². The second-order valence-corrected chi connectivity index (χ2v) is 8.62. The number of anilines is 3. The summed E-state index contributed by atoms with van der Waals surface area (Å²) in [7, 11) is 0. The molecule has 0 unspecified atom stereocenters. The first-order chi connectivity index (χ1) is 14.3. The van der Waals surface area contributed by atoms with E-state index in [1.807, 2.05) is 20.8 Å². The van der Waals surface area contributed by atoms with Gasteiger partial charge in [0.15, 0.2) is 5.65 Å². The average Bonchev–Trinajstić information content (AvgIpc) is 3.04. The lowest BCUT2D eigenvalue weighted by Crippen LogP contribution is -2.30. The van der Waals surface area contributed by atoms with Crippen molar-refractivity contribution in [2.45, 2.75) is 51.6 Å². The molecule has 0 atom stereocenters. The van der Waals surface area contributed by atoms with Crippen LogP contribution < -0.4 is 16.0 Å². The van der Waals surface area contributed by atoms with Crippen LogP contribution in [0.4, 0.5) is 26.4 Å². The zero-order valence-corrected chi connectivity index (χ0v) is 17.4. The minimum atomic E-state index is -2.52. The lowest BCUT2D eigenvalue weighted by Gasteiger charge is -2.26. The summed E-state index contributed by atoms with van der Waals surface area (Å²) < 4.78 is 28.3. The van der Waals surface area contributed by atoms with E-state index in [4.69, 9.17) is 4.98 Å². The lowest BCUT2D eigenvalue weighted by molar-refractivity contribution is 0.151. The van der Waals surface area contributed by atoms with Crippen molar-refractivity contribution in [3.8, 4) is 0 Å². The first kappa shape index (κ1) is 20.5. The Hall–Kier alpha value is -2.81. The molecule has 0 spiro atoms. The maximum Gasteiger partial charge on any atom is 0.263 e. The summed E-state index contributed by atoms with van der Waals surface area (Å²) in [6, 6.07) is 6.45. The Morgan fingerprint density at radius 2 is 1.93 bits per heavy atom. The third kappa shape index (κ3) is 4.51. The lowest BCUT2D eigenvalue weighted by atomic mass is 10.1. The van der Waals surface area contributed by atoms with Gasteiger partial charge in [0.2, 0.25) is 11.9 Å². The van der Waals surface area contributed by atoms with Crippen LogP contribution in [0, 0.1) is 0 Å². The van der Waals surface area contributed by atoms with Gasteiger partial charge in [-0.15, -0.1) is 0 Å². The Balaban J connectivity index is 1.76. The fourth-order valence-corrected chi connectivity index (χ4v) is 3.67. The van der Waals surface area contributed by atoms with Crippen LogP contribution in [0.15, 0.2) is 30.5 Å². The average molecular weight is 415 g/mol. The van der Waals surface area contributed by atoms with Crippen molar-refractivity contribution in [2.24, 2.45) is 0 Å². The number of imidazole rings is 1.